The van der Waals surface area contributed by atoms with E-state index in [4.69, 9.17) is 16.9 Å². The minimum absolute atomic E-state index is 0.461. The molecule has 1 aromatic heterocycles. The van der Waals surface area contributed by atoms with Crippen LogP contribution in [0.2, 0.25) is 5.15 Å². The Bertz CT molecular complexity index is 558. The molecule has 0 fully saturated rings. The van der Waals surface area contributed by atoms with E-state index in [1.807, 2.05) is 36.2 Å². The number of halogens is 1. The zero-order chi connectivity index (χ0) is 12.3. The van der Waals surface area contributed by atoms with Crippen molar-refractivity contribution in [2.75, 3.05) is 11.9 Å². The van der Waals surface area contributed by atoms with Crippen LogP contribution in [0.1, 0.15) is 5.56 Å². The Balaban J connectivity index is 2.30. The number of nitrogens with zero attached hydrogens (tertiary/aromatic N) is 3. The number of rotatable bonds is 2. The molecule has 2 rings (SSSR count). The molecule has 0 aliphatic rings. The monoisotopic (exact) mass is 243 g/mol. The van der Waals surface area contributed by atoms with E-state index in [9.17, 15) is 0 Å². The van der Waals surface area contributed by atoms with E-state index < -0.39 is 0 Å². The van der Waals surface area contributed by atoms with E-state index in [0.29, 0.717) is 10.7 Å². The van der Waals surface area contributed by atoms with Crippen LogP contribution < -0.4 is 4.90 Å². The quantitative estimate of drug-likeness (QED) is 0.760. The molecule has 0 aliphatic heterocycles. The highest BCUT2D eigenvalue weighted by atomic mass is 35.5. The Morgan fingerprint density at radius 1 is 1.18 bits per heavy atom. The predicted molar refractivity (Wildman–Crippen MR) is 68.5 cm³/mol. The molecule has 0 radical (unpaired) electrons. The number of hydrogen-bond donors (Lipinski definition) is 0. The van der Waals surface area contributed by atoms with Gasteiger partial charge in [0.25, 0.3) is 0 Å². The van der Waals surface area contributed by atoms with Crippen molar-refractivity contribution in [2.45, 2.75) is 0 Å². The highest BCUT2D eigenvalue weighted by Gasteiger charge is 2.05. The van der Waals surface area contributed by atoms with Gasteiger partial charge >= 0.3 is 0 Å². The summed E-state index contributed by atoms with van der Waals surface area (Å²) in [7, 11) is 1.90. The Morgan fingerprint density at radius 2 is 1.88 bits per heavy atom. The molecule has 0 saturated carbocycles. The molecule has 2 aromatic rings. The summed E-state index contributed by atoms with van der Waals surface area (Å²) in [5, 5.41) is 9.19. The second-order valence-corrected chi connectivity index (χ2v) is 3.92. The minimum atomic E-state index is 0.461. The van der Waals surface area contributed by atoms with Crippen LogP contribution in [-0.4, -0.2) is 12.0 Å². The highest BCUT2D eigenvalue weighted by Crippen LogP contribution is 2.22. The summed E-state index contributed by atoms with van der Waals surface area (Å²) in [6.45, 7) is 0. The summed E-state index contributed by atoms with van der Waals surface area (Å²) >= 11 is 5.84. The van der Waals surface area contributed by atoms with Crippen molar-refractivity contribution in [1.82, 2.24) is 4.98 Å². The molecule has 0 bridgehead atoms. The molecule has 0 unspecified atom stereocenters. The third-order valence-electron chi connectivity index (χ3n) is 2.43. The topological polar surface area (TPSA) is 39.9 Å². The zero-order valence-corrected chi connectivity index (χ0v) is 10.0. The van der Waals surface area contributed by atoms with Crippen LogP contribution >= 0.6 is 11.6 Å². The number of pyridine rings is 1. The van der Waals surface area contributed by atoms with Crippen molar-refractivity contribution < 1.29 is 0 Å². The maximum Gasteiger partial charge on any atom is 0.134 e. The lowest BCUT2D eigenvalue weighted by Crippen LogP contribution is -2.10. The van der Waals surface area contributed by atoms with Crippen LogP contribution in [0.3, 0.4) is 0 Å². The molecule has 3 nitrogen and oxygen atoms in total. The van der Waals surface area contributed by atoms with E-state index in [1.165, 1.54) is 0 Å². The molecule has 1 heterocycles. The molecule has 0 atom stereocenters. The van der Waals surface area contributed by atoms with Crippen molar-refractivity contribution in [2.24, 2.45) is 0 Å². The molecule has 0 spiro atoms. The first-order valence-corrected chi connectivity index (χ1v) is 5.45. The molecular formula is C13H10ClN3. The molecule has 1 aromatic carbocycles. The van der Waals surface area contributed by atoms with Crippen LogP contribution in [0.15, 0.2) is 42.5 Å². The fourth-order valence-electron chi connectivity index (χ4n) is 1.48. The molecule has 4 heteroatoms. The molecule has 84 valence electrons. The molecular weight excluding hydrogens is 234 g/mol. The normalized spacial score (nSPS) is 9.71. The Morgan fingerprint density at radius 3 is 2.47 bits per heavy atom. The Hall–Kier alpha value is -2.05. The van der Waals surface area contributed by atoms with Gasteiger partial charge in [-0.15, -0.1) is 0 Å². The first-order valence-electron chi connectivity index (χ1n) is 5.07. The number of anilines is 2. The fraction of sp³-hybridized carbons (Fsp3) is 0.0769. The van der Waals surface area contributed by atoms with Crippen molar-refractivity contribution in [3.05, 3.63) is 53.2 Å². The van der Waals surface area contributed by atoms with Gasteiger partial charge in [-0.2, -0.15) is 5.26 Å². The van der Waals surface area contributed by atoms with Crippen molar-refractivity contribution in [3.63, 3.8) is 0 Å². The standard InChI is InChI=1S/C13H10ClN3/c1-17(13-4-2-3-12(14)16-13)11-7-5-10(9-15)6-8-11/h2-8H,1H3. The Labute approximate surface area is 105 Å². The fourth-order valence-corrected chi connectivity index (χ4v) is 1.64. The Kier molecular flexibility index (Phi) is 3.27. The third kappa shape index (κ3) is 2.55. The molecule has 0 amide bonds. The van der Waals surface area contributed by atoms with Gasteiger partial charge in [0.15, 0.2) is 0 Å². The van der Waals surface area contributed by atoms with Gasteiger partial charge in [0.1, 0.15) is 11.0 Å². The zero-order valence-electron chi connectivity index (χ0n) is 9.26. The summed E-state index contributed by atoms with van der Waals surface area (Å²) in [6, 6.07) is 14.9. The van der Waals surface area contributed by atoms with Crippen LogP contribution in [0, 0.1) is 11.3 Å². The van der Waals surface area contributed by atoms with Crippen LogP contribution in [0.4, 0.5) is 11.5 Å². The smallest absolute Gasteiger partial charge is 0.134 e. The number of nitriles is 1. The largest absolute Gasteiger partial charge is 0.329 e. The van der Waals surface area contributed by atoms with Gasteiger partial charge in [0.2, 0.25) is 0 Å². The van der Waals surface area contributed by atoms with Crippen LogP contribution in [0.5, 0.6) is 0 Å². The van der Waals surface area contributed by atoms with E-state index in [2.05, 4.69) is 11.1 Å². The summed E-state index contributed by atoms with van der Waals surface area (Å²) in [6.07, 6.45) is 0. The number of hydrogen-bond acceptors (Lipinski definition) is 3. The van der Waals surface area contributed by atoms with Gasteiger partial charge in [0, 0.05) is 12.7 Å². The number of aromatic nitrogens is 1. The van der Waals surface area contributed by atoms with Gasteiger partial charge in [-0.1, -0.05) is 17.7 Å². The van der Waals surface area contributed by atoms with E-state index in [-0.39, 0.29) is 0 Å². The van der Waals surface area contributed by atoms with E-state index in [0.717, 1.165) is 11.5 Å². The van der Waals surface area contributed by atoms with Crippen molar-refractivity contribution >= 4 is 23.1 Å². The van der Waals surface area contributed by atoms with Gasteiger partial charge in [-0.25, -0.2) is 4.98 Å². The first kappa shape index (κ1) is 11.4. The van der Waals surface area contributed by atoms with E-state index >= 15 is 0 Å². The average Bonchev–Trinajstić information content (AvgIpc) is 2.38. The van der Waals surface area contributed by atoms with Gasteiger partial charge < -0.3 is 4.90 Å². The van der Waals surface area contributed by atoms with Crippen molar-refractivity contribution in [1.29, 1.82) is 5.26 Å². The molecule has 17 heavy (non-hydrogen) atoms. The highest BCUT2D eigenvalue weighted by molar-refractivity contribution is 6.29. The maximum absolute atomic E-state index is 8.73. The van der Waals surface area contributed by atoms with Crippen LogP contribution in [0.25, 0.3) is 0 Å². The molecule has 0 N–H and O–H groups in total. The summed E-state index contributed by atoms with van der Waals surface area (Å²) in [5.41, 5.74) is 1.60. The summed E-state index contributed by atoms with van der Waals surface area (Å²) < 4.78 is 0. The van der Waals surface area contributed by atoms with E-state index in [1.54, 1.807) is 18.2 Å². The van der Waals surface area contributed by atoms with Gasteiger partial charge in [-0.3, -0.25) is 0 Å². The SMILES string of the molecule is CN(c1ccc(C#N)cc1)c1cccc(Cl)n1. The lowest BCUT2D eigenvalue weighted by molar-refractivity contribution is 1.13. The minimum Gasteiger partial charge on any atom is -0.329 e. The van der Waals surface area contributed by atoms with Crippen LogP contribution in [-0.2, 0) is 0 Å². The lowest BCUT2D eigenvalue weighted by Gasteiger charge is -2.18. The number of benzene rings is 1. The second kappa shape index (κ2) is 4.86. The van der Waals surface area contributed by atoms with Crippen molar-refractivity contribution in [3.8, 4) is 6.07 Å². The first-order chi connectivity index (χ1) is 8.20. The summed E-state index contributed by atoms with van der Waals surface area (Å²) in [5.74, 6) is 0.766. The lowest BCUT2D eigenvalue weighted by atomic mass is 10.2. The third-order valence-corrected chi connectivity index (χ3v) is 2.64. The molecule has 0 saturated heterocycles. The average molecular weight is 244 g/mol. The molecule has 0 aliphatic carbocycles. The maximum atomic E-state index is 8.73. The second-order valence-electron chi connectivity index (χ2n) is 3.54. The van der Waals surface area contributed by atoms with Gasteiger partial charge in [-0.05, 0) is 36.4 Å². The predicted octanol–water partition coefficient (Wildman–Crippen LogP) is 3.37. The summed E-state index contributed by atoms with van der Waals surface area (Å²) in [4.78, 5) is 6.13. The van der Waals surface area contributed by atoms with Gasteiger partial charge in [0.05, 0.1) is 11.6 Å².